The zero-order valence-electron chi connectivity index (χ0n) is 15.3. The Morgan fingerprint density at radius 3 is 2.44 bits per heavy atom. The number of benzene rings is 2. The molecule has 0 radical (unpaired) electrons. The molecule has 0 saturated heterocycles. The Labute approximate surface area is 162 Å². The maximum Gasteiger partial charge on any atom is 0.309 e. The smallest absolute Gasteiger partial charge is 0.309 e. The van der Waals surface area contributed by atoms with Crippen molar-refractivity contribution in [2.45, 2.75) is 20.3 Å². The standard InChI is InChI=1S/C21H21NO4S/c1-14-8-15(2)10-19(9-14)26-7-6-25-18-5-3-4-16(11-18)21-22-17(13-27-21)12-20(23)24/h3-5,8-11,13H,6-7,12H2,1-2H3,(H,23,24). The molecule has 1 aromatic heterocycles. The van der Waals surface area contributed by atoms with Crippen LogP contribution >= 0.6 is 11.3 Å². The van der Waals surface area contributed by atoms with E-state index in [1.165, 1.54) is 22.5 Å². The van der Waals surface area contributed by atoms with Gasteiger partial charge in [0, 0.05) is 10.9 Å². The molecule has 0 aliphatic rings. The fourth-order valence-corrected chi connectivity index (χ4v) is 3.55. The monoisotopic (exact) mass is 383 g/mol. The van der Waals surface area contributed by atoms with Gasteiger partial charge in [-0.1, -0.05) is 18.2 Å². The highest BCUT2D eigenvalue weighted by Gasteiger charge is 2.08. The predicted octanol–water partition coefficient (Wildman–Crippen LogP) is 4.51. The number of hydrogen-bond donors (Lipinski definition) is 1. The lowest BCUT2D eigenvalue weighted by Crippen LogP contribution is -2.09. The summed E-state index contributed by atoms with van der Waals surface area (Å²) in [5.41, 5.74) is 3.81. The van der Waals surface area contributed by atoms with Gasteiger partial charge in [0.25, 0.3) is 0 Å². The third-order valence-electron chi connectivity index (χ3n) is 3.78. The van der Waals surface area contributed by atoms with Crippen molar-refractivity contribution >= 4 is 17.3 Å². The maximum absolute atomic E-state index is 10.8. The summed E-state index contributed by atoms with van der Waals surface area (Å²) in [5, 5.41) is 11.4. The number of ether oxygens (including phenoxy) is 2. The zero-order chi connectivity index (χ0) is 19.2. The summed E-state index contributed by atoms with van der Waals surface area (Å²) in [7, 11) is 0. The Bertz CT molecular complexity index is 915. The summed E-state index contributed by atoms with van der Waals surface area (Å²) in [6.45, 7) is 4.97. The molecule has 0 saturated carbocycles. The van der Waals surface area contributed by atoms with Crippen LogP contribution in [-0.4, -0.2) is 29.3 Å². The molecule has 2 aromatic carbocycles. The molecule has 3 aromatic rings. The summed E-state index contributed by atoms with van der Waals surface area (Å²) in [5.74, 6) is 0.692. The van der Waals surface area contributed by atoms with Gasteiger partial charge in [-0.15, -0.1) is 11.3 Å². The number of rotatable bonds is 8. The van der Waals surface area contributed by atoms with E-state index >= 15 is 0 Å². The molecular weight excluding hydrogens is 362 g/mol. The van der Waals surface area contributed by atoms with Crippen molar-refractivity contribution in [1.29, 1.82) is 0 Å². The number of aryl methyl sites for hydroxylation is 2. The number of carboxylic acid groups (broad SMARTS) is 1. The summed E-state index contributed by atoms with van der Waals surface area (Å²) >= 11 is 1.43. The second-order valence-corrected chi connectivity index (χ2v) is 7.12. The number of nitrogens with zero attached hydrogens (tertiary/aromatic N) is 1. The molecule has 0 unspecified atom stereocenters. The first kappa shape index (κ1) is 18.9. The number of carbonyl (C=O) groups is 1. The number of aromatic nitrogens is 1. The van der Waals surface area contributed by atoms with Crippen LogP contribution in [0.3, 0.4) is 0 Å². The molecule has 0 amide bonds. The van der Waals surface area contributed by atoms with Crippen molar-refractivity contribution in [1.82, 2.24) is 4.98 Å². The number of thiazole rings is 1. The zero-order valence-corrected chi connectivity index (χ0v) is 16.1. The molecule has 0 aliphatic heterocycles. The first-order chi connectivity index (χ1) is 13.0. The number of hydrogen-bond acceptors (Lipinski definition) is 5. The number of carboxylic acids is 1. The van der Waals surface area contributed by atoms with E-state index in [0.29, 0.717) is 18.9 Å². The van der Waals surface area contributed by atoms with E-state index in [9.17, 15) is 4.79 Å². The Balaban J connectivity index is 1.56. The Kier molecular flexibility index (Phi) is 6.08. The average molecular weight is 383 g/mol. The quantitative estimate of drug-likeness (QED) is 0.580. The van der Waals surface area contributed by atoms with E-state index in [0.717, 1.165) is 22.1 Å². The van der Waals surface area contributed by atoms with Gasteiger partial charge in [-0.2, -0.15) is 0 Å². The highest BCUT2D eigenvalue weighted by atomic mass is 32.1. The van der Waals surface area contributed by atoms with Crippen LogP contribution in [0.15, 0.2) is 47.8 Å². The van der Waals surface area contributed by atoms with Crippen LogP contribution in [0.5, 0.6) is 11.5 Å². The molecule has 0 spiro atoms. The first-order valence-corrected chi connectivity index (χ1v) is 9.48. The van der Waals surface area contributed by atoms with Gasteiger partial charge in [-0.3, -0.25) is 4.79 Å². The predicted molar refractivity (Wildman–Crippen MR) is 106 cm³/mol. The third kappa shape index (κ3) is 5.56. The number of aliphatic carboxylic acids is 1. The van der Waals surface area contributed by atoms with Crippen LogP contribution in [0.4, 0.5) is 0 Å². The molecular formula is C21H21NO4S. The lowest BCUT2D eigenvalue weighted by molar-refractivity contribution is -0.136. The Morgan fingerprint density at radius 1 is 1.04 bits per heavy atom. The normalized spacial score (nSPS) is 10.6. The fourth-order valence-electron chi connectivity index (χ4n) is 2.73. The van der Waals surface area contributed by atoms with Gasteiger partial charge in [-0.05, 0) is 49.2 Å². The molecule has 0 bridgehead atoms. The highest BCUT2D eigenvalue weighted by Crippen LogP contribution is 2.27. The summed E-state index contributed by atoms with van der Waals surface area (Å²) < 4.78 is 11.5. The molecule has 0 atom stereocenters. The van der Waals surface area contributed by atoms with E-state index in [1.807, 2.05) is 50.2 Å². The van der Waals surface area contributed by atoms with Crippen LogP contribution in [0.1, 0.15) is 16.8 Å². The Hall–Kier alpha value is -2.86. The van der Waals surface area contributed by atoms with E-state index < -0.39 is 5.97 Å². The van der Waals surface area contributed by atoms with Gasteiger partial charge < -0.3 is 14.6 Å². The second-order valence-electron chi connectivity index (χ2n) is 6.26. The summed E-state index contributed by atoms with van der Waals surface area (Å²) in [4.78, 5) is 15.2. The van der Waals surface area contributed by atoms with Crippen LogP contribution in [-0.2, 0) is 11.2 Å². The molecule has 0 aliphatic carbocycles. The minimum atomic E-state index is -0.882. The van der Waals surface area contributed by atoms with Gasteiger partial charge in [0.2, 0.25) is 0 Å². The topological polar surface area (TPSA) is 68.7 Å². The van der Waals surface area contributed by atoms with Gasteiger partial charge in [0.05, 0.1) is 12.1 Å². The second kappa shape index (κ2) is 8.68. The van der Waals surface area contributed by atoms with E-state index in [4.69, 9.17) is 14.6 Å². The molecule has 1 N–H and O–H groups in total. The van der Waals surface area contributed by atoms with Gasteiger partial charge in [0.1, 0.15) is 29.7 Å². The van der Waals surface area contributed by atoms with Crippen molar-refractivity contribution < 1.29 is 19.4 Å². The van der Waals surface area contributed by atoms with E-state index in [2.05, 4.69) is 11.1 Å². The molecule has 3 rings (SSSR count). The van der Waals surface area contributed by atoms with Gasteiger partial charge in [-0.25, -0.2) is 4.98 Å². The van der Waals surface area contributed by atoms with Crippen molar-refractivity contribution in [2.75, 3.05) is 13.2 Å². The minimum Gasteiger partial charge on any atom is -0.490 e. The van der Waals surface area contributed by atoms with E-state index in [-0.39, 0.29) is 6.42 Å². The average Bonchev–Trinajstić information content (AvgIpc) is 3.06. The lowest BCUT2D eigenvalue weighted by atomic mass is 10.1. The van der Waals surface area contributed by atoms with Crippen molar-refractivity contribution in [3.8, 4) is 22.1 Å². The molecule has 1 heterocycles. The van der Waals surface area contributed by atoms with Crippen LogP contribution in [0, 0.1) is 13.8 Å². The van der Waals surface area contributed by atoms with Crippen molar-refractivity contribution in [3.05, 3.63) is 64.7 Å². The Morgan fingerprint density at radius 2 is 1.74 bits per heavy atom. The molecule has 6 heteroatoms. The minimum absolute atomic E-state index is 0.0670. The van der Waals surface area contributed by atoms with Crippen molar-refractivity contribution in [2.24, 2.45) is 0 Å². The maximum atomic E-state index is 10.8. The van der Waals surface area contributed by atoms with Crippen LogP contribution < -0.4 is 9.47 Å². The summed E-state index contributed by atoms with van der Waals surface area (Å²) in [6.07, 6.45) is -0.0670. The van der Waals surface area contributed by atoms with E-state index in [1.54, 1.807) is 5.38 Å². The summed E-state index contributed by atoms with van der Waals surface area (Å²) in [6, 6.07) is 13.7. The SMILES string of the molecule is Cc1cc(C)cc(OCCOc2cccc(-c3nc(CC(=O)O)cs3)c2)c1. The molecule has 5 nitrogen and oxygen atoms in total. The largest absolute Gasteiger partial charge is 0.490 e. The third-order valence-corrected chi connectivity index (χ3v) is 4.72. The van der Waals surface area contributed by atoms with Crippen molar-refractivity contribution in [3.63, 3.8) is 0 Å². The van der Waals surface area contributed by atoms with Gasteiger partial charge >= 0.3 is 5.97 Å². The van der Waals surface area contributed by atoms with Crippen LogP contribution in [0.25, 0.3) is 10.6 Å². The fraction of sp³-hybridized carbons (Fsp3) is 0.238. The molecule has 27 heavy (non-hydrogen) atoms. The van der Waals surface area contributed by atoms with Crippen LogP contribution in [0.2, 0.25) is 0 Å². The highest BCUT2D eigenvalue weighted by molar-refractivity contribution is 7.13. The molecule has 140 valence electrons. The molecule has 0 fully saturated rings. The first-order valence-electron chi connectivity index (χ1n) is 8.60. The lowest BCUT2D eigenvalue weighted by Gasteiger charge is -2.10. The van der Waals surface area contributed by atoms with Gasteiger partial charge in [0.15, 0.2) is 0 Å².